The summed E-state index contributed by atoms with van der Waals surface area (Å²) in [5.74, 6) is 2.63. The monoisotopic (exact) mass is 615 g/mol. The number of aliphatic hydroxyl groups is 2. The Balaban J connectivity index is 0.962. The lowest BCUT2D eigenvalue weighted by Gasteiger charge is -2.60. The van der Waals surface area contributed by atoms with Crippen LogP contribution in [0.25, 0.3) is 0 Å². The Bertz CT molecular complexity index is 1150. The molecule has 2 N–H and O–H groups in total. The molecule has 0 aromatic heterocycles. The number of cyclic esters (lactones) is 1. The molecule has 0 radical (unpaired) electrons. The molecular formula is C36H57NO7. The van der Waals surface area contributed by atoms with E-state index in [4.69, 9.17) is 18.9 Å². The second-order valence-electron chi connectivity index (χ2n) is 17.8. The molecule has 44 heavy (non-hydrogen) atoms. The van der Waals surface area contributed by atoms with E-state index in [9.17, 15) is 15.0 Å². The number of morpholine rings is 1. The number of ether oxygens (including phenoxy) is 4. The van der Waals surface area contributed by atoms with Gasteiger partial charge in [-0.25, -0.2) is 0 Å². The molecular weight excluding hydrogens is 558 g/mol. The molecule has 0 aromatic rings. The summed E-state index contributed by atoms with van der Waals surface area (Å²) in [6.07, 6.45) is 11.9. The fourth-order valence-electron chi connectivity index (χ4n) is 13.2. The van der Waals surface area contributed by atoms with Crippen molar-refractivity contribution in [1.82, 2.24) is 4.90 Å². The molecule has 8 heteroatoms. The van der Waals surface area contributed by atoms with E-state index in [-0.39, 0.29) is 42.0 Å². The Morgan fingerprint density at radius 1 is 0.955 bits per heavy atom. The molecule has 3 saturated heterocycles. The molecule has 8 nitrogen and oxygen atoms in total. The number of nitrogens with zero attached hydrogens (tertiary/aromatic N) is 1. The lowest BCUT2D eigenvalue weighted by atomic mass is 9.46. The summed E-state index contributed by atoms with van der Waals surface area (Å²) >= 11 is 0. The fourth-order valence-corrected chi connectivity index (χ4v) is 13.2. The largest absolute Gasteiger partial charge is 0.464 e. The first-order valence-corrected chi connectivity index (χ1v) is 18.0. The second-order valence-corrected chi connectivity index (χ2v) is 17.8. The van der Waals surface area contributed by atoms with Crippen molar-refractivity contribution in [2.45, 2.75) is 148 Å². The standard InChI is InChI=1S/C36H57NO7/c1-32(2)27-9-7-21-23-18-26-22(6-8-25(43-26)30(38)33(3,4)40)34(23,5)13-14-35(21)20-36(27,35)12-10-28(32)44-29-19-37(15-17-41-29)24-11-16-42-31(24)39/h21-30,38,40H,6-20H2,1-5H3/t21?,22?,23?,24-,25?,26?,27?,28-,29?,30-,34?,35-,36?/m0/s1. The van der Waals surface area contributed by atoms with Gasteiger partial charge in [-0.1, -0.05) is 20.8 Å². The Hall–Kier alpha value is -0.770. The van der Waals surface area contributed by atoms with Crippen molar-refractivity contribution in [2.75, 3.05) is 26.3 Å². The lowest BCUT2D eigenvalue weighted by Crippen LogP contribution is -2.57. The molecule has 8 fully saturated rings. The number of rotatable bonds is 5. The molecule has 8 aliphatic rings. The van der Waals surface area contributed by atoms with E-state index in [2.05, 4.69) is 25.7 Å². The summed E-state index contributed by atoms with van der Waals surface area (Å²) < 4.78 is 24.9. The number of hydrogen-bond donors (Lipinski definition) is 2. The normalized spacial score (nSPS) is 52.2. The van der Waals surface area contributed by atoms with Crippen LogP contribution in [0.5, 0.6) is 0 Å². The van der Waals surface area contributed by atoms with E-state index >= 15 is 0 Å². The fraction of sp³-hybridized carbons (Fsp3) is 0.972. The SMILES string of the molecule is CC12CC[C@@]34CC35CC[C@H](OC3CN([C@H]6CCOC6=O)CCO3)C(C)(C)C5CCC4C1CC1OC([C@H](O)C(C)(C)O)CCC12. The summed E-state index contributed by atoms with van der Waals surface area (Å²) in [6, 6.07) is -0.145. The van der Waals surface area contributed by atoms with Crippen LogP contribution in [0, 0.1) is 45.3 Å². The highest BCUT2D eigenvalue weighted by atomic mass is 16.7. The van der Waals surface area contributed by atoms with Crippen LogP contribution in [-0.4, -0.2) is 89.7 Å². The zero-order valence-electron chi connectivity index (χ0n) is 27.8. The average Bonchev–Trinajstić information content (AvgIpc) is 3.27. The molecule has 5 saturated carbocycles. The molecule has 0 aromatic carbocycles. The van der Waals surface area contributed by atoms with Gasteiger partial charge < -0.3 is 29.2 Å². The number of hydrogen-bond acceptors (Lipinski definition) is 8. The van der Waals surface area contributed by atoms with E-state index in [1.54, 1.807) is 13.8 Å². The zero-order valence-corrected chi connectivity index (χ0v) is 27.8. The van der Waals surface area contributed by atoms with Gasteiger partial charge in [0.2, 0.25) is 0 Å². The van der Waals surface area contributed by atoms with Crippen molar-refractivity contribution in [3.8, 4) is 0 Å². The molecule has 2 spiro atoms. The molecule has 0 bridgehead atoms. The summed E-state index contributed by atoms with van der Waals surface area (Å²) in [6.45, 7) is 13.5. The summed E-state index contributed by atoms with van der Waals surface area (Å²) in [4.78, 5) is 14.5. The maximum absolute atomic E-state index is 12.3. The van der Waals surface area contributed by atoms with E-state index in [1.165, 1.54) is 38.5 Å². The molecule has 248 valence electrons. The highest BCUT2D eigenvalue weighted by molar-refractivity contribution is 5.77. The van der Waals surface area contributed by atoms with Gasteiger partial charge >= 0.3 is 5.97 Å². The van der Waals surface area contributed by atoms with E-state index in [0.29, 0.717) is 53.8 Å². The molecule has 5 aliphatic carbocycles. The zero-order chi connectivity index (χ0) is 30.9. The van der Waals surface area contributed by atoms with Crippen LogP contribution in [0.3, 0.4) is 0 Å². The third-order valence-electron chi connectivity index (χ3n) is 15.4. The summed E-state index contributed by atoms with van der Waals surface area (Å²) in [7, 11) is 0. The first-order valence-electron chi connectivity index (χ1n) is 18.0. The molecule has 0 amide bonds. The quantitative estimate of drug-likeness (QED) is 0.431. The van der Waals surface area contributed by atoms with Gasteiger partial charge in [0.05, 0.1) is 43.7 Å². The second kappa shape index (κ2) is 10.1. The van der Waals surface area contributed by atoms with Gasteiger partial charge in [0.15, 0.2) is 6.29 Å². The number of carbonyl (C=O) groups excluding carboxylic acids is 1. The third-order valence-corrected chi connectivity index (χ3v) is 15.4. The van der Waals surface area contributed by atoms with Crippen molar-refractivity contribution in [2.24, 2.45) is 45.3 Å². The van der Waals surface area contributed by atoms with Crippen molar-refractivity contribution in [3.05, 3.63) is 0 Å². The Morgan fingerprint density at radius 3 is 2.50 bits per heavy atom. The molecule has 8 rings (SSSR count). The predicted octanol–water partition coefficient (Wildman–Crippen LogP) is 4.68. The molecule has 3 aliphatic heterocycles. The minimum atomic E-state index is -1.14. The first kappa shape index (κ1) is 30.6. The van der Waals surface area contributed by atoms with Crippen molar-refractivity contribution in [1.29, 1.82) is 0 Å². The Kier molecular flexibility index (Phi) is 7.03. The van der Waals surface area contributed by atoms with Crippen LogP contribution in [0.2, 0.25) is 0 Å². The smallest absolute Gasteiger partial charge is 0.323 e. The number of fused-ring (bicyclic) bond motifs is 4. The minimum Gasteiger partial charge on any atom is -0.464 e. The van der Waals surface area contributed by atoms with Crippen LogP contribution >= 0.6 is 0 Å². The van der Waals surface area contributed by atoms with Crippen LogP contribution in [0.4, 0.5) is 0 Å². The van der Waals surface area contributed by atoms with Gasteiger partial charge in [0.25, 0.3) is 0 Å². The maximum Gasteiger partial charge on any atom is 0.323 e. The van der Waals surface area contributed by atoms with Crippen LogP contribution in [0.15, 0.2) is 0 Å². The van der Waals surface area contributed by atoms with Gasteiger partial charge in [0.1, 0.15) is 12.1 Å². The van der Waals surface area contributed by atoms with Gasteiger partial charge in [0, 0.05) is 13.0 Å². The lowest BCUT2D eigenvalue weighted by molar-refractivity contribution is -0.247. The van der Waals surface area contributed by atoms with Gasteiger partial charge in [-0.3, -0.25) is 9.69 Å². The first-order chi connectivity index (χ1) is 20.8. The number of aliphatic hydroxyl groups excluding tert-OH is 1. The third kappa shape index (κ3) is 4.25. The minimum absolute atomic E-state index is 0.0820. The average molecular weight is 616 g/mol. The molecule has 3 heterocycles. The van der Waals surface area contributed by atoms with E-state index < -0.39 is 11.7 Å². The van der Waals surface area contributed by atoms with Gasteiger partial charge in [-0.2, -0.15) is 0 Å². The van der Waals surface area contributed by atoms with Gasteiger partial charge in [-0.15, -0.1) is 0 Å². The summed E-state index contributed by atoms with van der Waals surface area (Å²) in [5.41, 5.74) is 0.189. The Labute approximate surface area is 263 Å². The number of carbonyl (C=O) groups is 1. The molecule has 13 atom stereocenters. The van der Waals surface area contributed by atoms with Crippen LogP contribution in [-0.2, 0) is 23.7 Å². The topological polar surface area (TPSA) is 97.7 Å². The maximum atomic E-state index is 12.3. The number of esters is 1. The predicted molar refractivity (Wildman–Crippen MR) is 163 cm³/mol. The van der Waals surface area contributed by atoms with Crippen LogP contribution < -0.4 is 0 Å². The van der Waals surface area contributed by atoms with Crippen LogP contribution in [0.1, 0.15) is 105 Å². The van der Waals surface area contributed by atoms with Crippen molar-refractivity contribution >= 4 is 5.97 Å². The van der Waals surface area contributed by atoms with E-state index in [0.717, 1.165) is 44.6 Å². The summed E-state index contributed by atoms with van der Waals surface area (Å²) in [5, 5.41) is 21.3. The highest BCUT2D eigenvalue weighted by Gasteiger charge is 2.80. The van der Waals surface area contributed by atoms with Crippen molar-refractivity contribution < 1.29 is 34.0 Å². The Morgan fingerprint density at radius 2 is 1.75 bits per heavy atom. The van der Waals surface area contributed by atoms with E-state index in [1.807, 2.05) is 0 Å². The van der Waals surface area contributed by atoms with Gasteiger partial charge in [-0.05, 0) is 123 Å². The highest BCUT2D eigenvalue weighted by Crippen LogP contribution is 2.87. The van der Waals surface area contributed by atoms with Crippen molar-refractivity contribution in [3.63, 3.8) is 0 Å². The molecule has 9 unspecified atom stereocenters.